The molecule has 0 bridgehead atoms. The Morgan fingerprint density at radius 1 is 1.47 bits per heavy atom. The van der Waals surface area contributed by atoms with E-state index in [-0.39, 0.29) is 6.04 Å². The highest BCUT2D eigenvalue weighted by Crippen LogP contribution is 2.33. The Kier molecular flexibility index (Phi) is 4.58. The molecule has 106 valence electrons. The lowest BCUT2D eigenvalue weighted by atomic mass is 9.79. The molecule has 1 aromatic heterocycles. The van der Waals surface area contributed by atoms with Crippen LogP contribution in [0.15, 0.2) is 24.5 Å². The number of hydrogen-bond acceptors (Lipinski definition) is 3. The minimum Gasteiger partial charge on any atom is -0.389 e. The van der Waals surface area contributed by atoms with Gasteiger partial charge in [-0.25, -0.2) is 0 Å². The molecular weight excluding hydrogens is 236 g/mol. The fraction of sp³-hybridized carbons (Fsp3) is 0.688. The zero-order chi connectivity index (χ0) is 13.9. The summed E-state index contributed by atoms with van der Waals surface area (Å²) in [5, 5.41) is 10.7. The van der Waals surface area contributed by atoms with Gasteiger partial charge in [-0.15, -0.1) is 0 Å². The Labute approximate surface area is 116 Å². The van der Waals surface area contributed by atoms with Gasteiger partial charge < -0.3 is 5.11 Å². The van der Waals surface area contributed by atoms with Gasteiger partial charge in [0.15, 0.2) is 0 Å². The predicted molar refractivity (Wildman–Crippen MR) is 77.9 cm³/mol. The van der Waals surface area contributed by atoms with Gasteiger partial charge in [0.05, 0.1) is 5.60 Å². The van der Waals surface area contributed by atoms with E-state index >= 15 is 0 Å². The normalized spacial score (nSPS) is 29.4. The molecule has 0 amide bonds. The van der Waals surface area contributed by atoms with E-state index in [9.17, 15) is 5.11 Å². The second-order valence-corrected chi connectivity index (χ2v) is 6.28. The Balaban J connectivity index is 1.95. The van der Waals surface area contributed by atoms with Crippen molar-refractivity contribution in [2.24, 2.45) is 5.92 Å². The smallest absolute Gasteiger partial charge is 0.0774 e. The lowest BCUT2D eigenvalue weighted by Crippen LogP contribution is -2.44. The van der Waals surface area contributed by atoms with E-state index in [1.807, 2.05) is 12.3 Å². The predicted octanol–water partition coefficient (Wildman–Crippen LogP) is 3.02. The van der Waals surface area contributed by atoms with Gasteiger partial charge in [-0.3, -0.25) is 9.88 Å². The first-order chi connectivity index (χ1) is 9.00. The number of nitrogens with zero attached hydrogens (tertiary/aromatic N) is 2. The highest BCUT2D eigenvalue weighted by atomic mass is 16.3. The molecule has 0 radical (unpaired) electrons. The second kappa shape index (κ2) is 6.02. The van der Waals surface area contributed by atoms with Gasteiger partial charge in [-0.1, -0.05) is 13.0 Å². The van der Waals surface area contributed by atoms with Gasteiger partial charge in [-0.05, 0) is 57.2 Å². The minimum absolute atomic E-state index is 0.289. The molecule has 1 heterocycles. The Hall–Kier alpha value is -0.930. The maximum atomic E-state index is 10.7. The SMILES string of the molecule is CC1CCC(O)(CN(C)[C@@H](C)c2cccnc2)CC1. The van der Waals surface area contributed by atoms with Crippen LogP contribution >= 0.6 is 0 Å². The van der Waals surface area contributed by atoms with Crippen LogP contribution in [0.1, 0.15) is 51.1 Å². The third-order valence-electron chi connectivity index (χ3n) is 4.58. The topological polar surface area (TPSA) is 36.4 Å². The first-order valence-corrected chi connectivity index (χ1v) is 7.33. The highest BCUT2D eigenvalue weighted by molar-refractivity contribution is 5.13. The molecule has 1 aromatic rings. The molecule has 2 rings (SSSR count). The first kappa shape index (κ1) is 14.5. The number of aliphatic hydroxyl groups is 1. The van der Waals surface area contributed by atoms with E-state index in [0.29, 0.717) is 0 Å². The van der Waals surface area contributed by atoms with Crippen molar-refractivity contribution in [2.45, 2.75) is 51.2 Å². The first-order valence-electron chi connectivity index (χ1n) is 7.33. The van der Waals surface area contributed by atoms with Crippen molar-refractivity contribution in [1.29, 1.82) is 0 Å². The zero-order valence-electron chi connectivity index (χ0n) is 12.3. The molecular formula is C16H26N2O. The van der Waals surface area contributed by atoms with Crippen molar-refractivity contribution in [3.63, 3.8) is 0 Å². The van der Waals surface area contributed by atoms with Crippen LogP contribution in [0.5, 0.6) is 0 Å². The molecule has 0 saturated heterocycles. The lowest BCUT2D eigenvalue weighted by molar-refractivity contribution is -0.0368. The van der Waals surface area contributed by atoms with Crippen LogP contribution in [-0.4, -0.2) is 34.2 Å². The van der Waals surface area contributed by atoms with E-state index in [1.54, 1.807) is 6.20 Å². The third-order valence-corrected chi connectivity index (χ3v) is 4.58. The molecule has 1 N–H and O–H groups in total. The Bertz CT molecular complexity index is 385. The standard InChI is InChI=1S/C16H26N2O/c1-13-6-8-16(19,9-7-13)12-18(3)14(2)15-5-4-10-17-11-15/h4-5,10-11,13-14,19H,6-9,12H2,1-3H3/t13?,14-,16?/m0/s1. The van der Waals surface area contributed by atoms with Crippen LogP contribution in [-0.2, 0) is 0 Å². The third kappa shape index (κ3) is 3.77. The van der Waals surface area contributed by atoms with Crippen LogP contribution < -0.4 is 0 Å². The van der Waals surface area contributed by atoms with Crippen LogP contribution in [0.4, 0.5) is 0 Å². The average molecular weight is 262 g/mol. The molecule has 0 aromatic carbocycles. The Morgan fingerprint density at radius 3 is 2.74 bits per heavy atom. The molecule has 0 unspecified atom stereocenters. The summed E-state index contributed by atoms with van der Waals surface area (Å²) in [6.07, 6.45) is 7.86. The van der Waals surface area contributed by atoms with Crippen molar-refractivity contribution in [3.8, 4) is 0 Å². The highest BCUT2D eigenvalue weighted by Gasteiger charge is 2.33. The number of hydrogen-bond donors (Lipinski definition) is 1. The monoisotopic (exact) mass is 262 g/mol. The van der Waals surface area contributed by atoms with Gasteiger partial charge in [0.2, 0.25) is 0 Å². The fourth-order valence-electron chi connectivity index (χ4n) is 2.94. The summed E-state index contributed by atoms with van der Waals surface area (Å²) in [6, 6.07) is 4.36. The van der Waals surface area contributed by atoms with Gasteiger partial charge >= 0.3 is 0 Å². The minimum atomic E-state index is -0.502. The largest absolute Gasteiger partial charge is 0.389 e. The molecule has 19 heavy (non-hydrogen) atoms. The summed E-state index contributed by atoms with van der Waals surface area (Å²) < 4.78 is 0. The maximum absolute atomic E-state index is 10.7. The zero-order valence-corrected chi connectivity index (χ0v) is 12.3. The van der Waals surface area contributed by atoms with Crippen molar-refractivity contribution in [1.82, 2.24) is 9.88 Å². The van der Waals surface area contributed by atoms with E-state index in [4.69, 9.17) is 0 Å². The quantitative estimate of drug-likeness (QED) is 0.906. The molecule has 0 spiro atoms. The molecule has 3 heteroatoms. The molecule has 0 aliphatic heterocycles. The van der Waals surface area contributed by atoms with Gasteiger partial charge in [0, 0.05) is 25.0 Å². The second-order valence-electron chi connectivity index (χ2n) is 6.28. The summed E-state index contributed by atoms with van der Waals surface area (Å²) in [6.45, 7) is 5.20. The van der Waals surface area contributed by atoms with E-state index in [1.165, 1.54) is 5.56 Å². The van der Waals surface area contributed by atoms with E-state index in [2.05, 4.69) is 36.8 Å². The maximum Gasteiger partial charge on any atom is 0.0774 e. The molecule has 1 atom stereocenters. The average Bonchev–Trinajstić information content (AvgIpc) is 2.42. The summed E-state index contributed by atoms with van der Waals surface area (Å²) in [4.78, 5) is 6.42. The van der Waals surface area contributed by atoms with Crippen LogP contribution in [0.25, 0.3) is 0 Å². The van der Waals surface area contributed by atoms with Gasteiger partial charge in [0.1, 0.15) is 0 Å². The number of likely N-dealkylation sites (N-methyl/N-ethyl adjacent to an activating group) is 1. The summed E-state index contributed by atoms with van der Waals surface area (Å²) in [5.74, 6) is 0.765. The number of rotatable bonds is 4. The summed E-state index contributed by atoms with van der Waals surface area (Å²) in [5.41, 5.74) is 0.704. The van der Waals surface area contributed by atoms with Crippen LogP contribution in [0, 0.1) is 5.92 Å². The van der Waals surface area contributed by atoms with Gasteiger partial charge in [-0.2, -0.15) is 0 Å². The van der Waals surface area contributed by atoms with Crippen LogP contribution in [0.3, 0.4) is 0 Å². The molecule has 3 nitrogen and oxygen atoms in total. The lowest BCUT2D eigenvalue weighted by Gasteiger charge is -2.39. The van der Waals surface area contributed by atoms with Gasteiger partial charge in [0.25, 0.3) is 0 Å². The van der Waals surface area contributed by atoms with Crippen molar-refractivity contribution >= 4 is 0 Å². The summed E-state index contributed by atoms with van der Waals surface area (Å²) >= 11 is 0. The van der Waals surface area contributed by atoms with E-state index in [0.717, 1.165) is 38.1 Å². The number of pyridine rings is 1. The molecule has 1 aliphatic carbocycles. The molecule has 1 saturated carbocycles. The number of aromatic nitrogens is 1. The Morgan fingerprint density at radius 2 is 2.16 bits per heavy atom. The van der Waals surface area contributed by atoms with Crippen molar-refractivity contribution in [2.75, 3.05) is 13.6 Å². The molecule has 1 aliphatic rings. The van der Waals surface area contributed by atoms with Crippen LogP contribution in [0.2, 0.25) is 0 Å². The fourth-order valence-corrected chi connectivity index (χ4v) is 2.94. The van der Waals surface area contributed by atoms with Crippen molar-refractivity contribution in [3.05, 3.63) is 30.1 Å². The summed E-state index contributed by atoms with van der Waals surface area (Å²) in [7, 11) is 2.09. The van der Waals surface area contributed by atoms with E-state index < -0.39 is 5.60 Å². The van der Waals surface area contributed by atoms with Crippen molar-refractivity contribution < 1.29 is 5.11 Å². The molecule has 1 fully saturated rings.